The Hall–Kier alpha value is -2.32. The number of nitrogens with zero attached hydrogens (tertiary/aromatic N) is 4. The second kappa shape index (κ2) is 8.85. The molecular weight excluding hydrogens is 374 g/mol. The minimum Gasteiger partial charge on any atom is -0.286 e. The Kier molecular flexibility index (Phi) is 7.92. The zero-order chi connectivity index (χ0) is 17.4. The molecule has 1 rings (SSSR count). The lowest BCUT2D eigenvalue weighted by atomic mass is 10.1. The van der Waals surface area contributed by atoms with Crippen molar-refractivity contribution in [3.05, 3.63) is 31.3 Å². The quantitative estimate of drug-likeness (QED) is 0.474. The van der Waals surface area contributed by atoms with Gasteiger partial charge in [0.15, 0.2) is 11.1 Å². The fraction of sp³-hybridized carbons (Fsp3) is 0. The van der Waals surface area contributed by atoms with Crippen molar-refractivity contribution >= 4 is 58.0 Å². The molecule has 0 N–H and O–H groups in total. The van der Waals surface area contributed by atoms with Crippen LogP contribution in [0.2, 0.25) is 0 Å². The summed E-state index contributed by atoms with van der Waals surface area (Å²) >= 11 is 21.5. The van der Waals surface area contributed by atoms with Crippen LogP contribution in [0.15, 0.2) is 31.3 Å². The predicted molar refractivity (Wildman–Crippen MR) is 77.0 cm³/mol. The van der Waals surface area contributed by atoms with Gasteiger partial charge >= 0.3 is 0 Å². The van der Waals surface area contributed by atoms with Crippen LogP contribution in [0.5, 0.6) is 0 Å². The third kappa shape index (κ3) is 4.34. The largest absolute Gasteiger partial charge is 0.286 e. The van der Waals surface area contributed by atoms with Gasteiger partial charge in [0.2, 0.25) is 11.6 Å². The molecule has 0 aromatic heterocycles. The minimum absolute atomic E-state index is 0.393. The first-order valence-electron chi connectivity index (χ1n) is 4.81. The van der Waals surface area contributed by atoms with E-state index in [1.54, 1.807) is 0 Å². The highest BCUT2D eigenvalue weighted by atomic mass is 35.5. The first-order chi connectivity index (χ1) is 10.3. The Balaban J connectivity index is 0.000000409. The third-order valence-electron chi connectivity index (χ3n) is 1.88. The van der Waals surface area contributed by atoms with Crippen LogP contribution < -0.4 is 0 Å². The van der Waals surface area contributed by atoms with Gasteiger partial charge < -0.3 is 0 Å². The highest BCUT2D eigenvalue weighted by molar-refractivity contribution is 6.69. The van der Waals surface area contributed by atoms with E-state index in [2.05, 4.69) is 0 Å². The number of ketones is 2. The number of carbonyl (C=O) groups excluding carboxylic acids is 2. The molecular formula is C12Cl4N4O2. The normalized spacial score (nSPS) is 13.1. The molecule has 0 saturated heterocycles. The molecule has 0 bridgehead atoms. The lowest BCUT2D eigenvalue weighted by Gasteiger charge is -2.08. The van der Waals surface area contributed by atoms with Crippen molar-refractivity contribution in [1.29, 1.82) is 21.0 Å². The van der Waals surface area contributed by atoms with E-state index >= 15 is 0 Å². The summed E-state index contributed by atoms with van der Waals surface area (Å²) in [5, 5.41) is 30.9. The molecule has 0 heterocycles. The summed E-state index contributed by atoms with van der Waals surface area (Å²) in [5.74, 6) is -1.46. The Morgan fingerprint density at radius 2 is 0.773 bits per heavy atom. The topological polar surface area (TPSA) is 129 Å². The zero-order valence-corrected chi connectivity index (χ0v) is 13.1. The fourth-order valence-electron chi connectivity index (χ4n) is 0.865. The van der Waals surface area contributed by atoms with Crippen molar-refractivity contribution in [3.63, 3.8) is 0 Å². The minimum atomic E-state index is -0.729. The number of rotatable bonds is 0. The first-order valence-corrected chi connectivity index (χ1v) is 6.32. The molecule has 10 heteroatoms. The zero-order valence-electron chi connectivity index (χ0n) is 10.1. The van der Waals surface area contributed by atoms with Crippen molar-refractivity contribution in [2.75, 3.05) is 0 Å². The number of hydrogen-bond acceptors (Lipinski definition) is 6. The first kappa shape index (κ1) is 19.7. The molecule has 0 aliphatic heterocycles. The molecule has 0 aromatic rings. The average Bonchev–Trinajstić information content (AvgIpc) is 2.54. The van der Waals surface area contributed by atoms with E-state index < -0.39 is 42.8 Å². The van der Waals surface area contributed by atoms with E-state index in [9.17, 15) is 9.59 Å². The van der Waals surface area contributed by atoms with E-state index in [-0.39, 0.29) is 0 Å². The monoisotopic (exact) mass is 372 g/mol. The maximum Gasteiger partial charge on any atom is 0.219 e. The average molecular weight is 374 g/mol. The van der Waals surface area contributed by atoms with Crippen molar-refractivity contribution in [3.8, 4) is 24.3 Å². The predicted octanol–water partition coefficient (Wildman–Crippen LogP) is 2.89. The summed E-state index contributed by atoms with van der Waals surface area (Å²) in [4.78, 5) is 22.0. The summed E-state index contributed by atoms with van der Waals surface area (Å²) in [6.07, 6.45) is 0. The van der Waals surface area contributed by atoms with E-state index in [0.717, 1.165) is 0 Å². The molecule has 22 heavy (non-hydrogen) atoms. The van der Waals surface area contributed by atoms with Crippen molar-refractivity contribution in [1.82, 2.24) is 0 Å². The van der Waals surface area contributed by atoms with Crippen LogP contribution in [-0.2, 0) is 9.59 Å². The van der Waals surface area contributed by atoms with Gasteiger partial charge in [0, 0.05) is 0 Å². The van der Waals surface area contributed by atoms with Gasteiger partial charge in [0.1, 0.15) is 44.4 Å². The Bertz CT molecular complexity index is 682. The SMILES string of the molecule is N#CC(C#N)=C(C#N)C#N.O=C1C(Cl)=C(Cl)C(=O)C(Cl)=C1Cl. The third-order valence-corrected chi connectivity index (χ3v) is 3.52. The van der Waals surface area contributed by atoms with Crippen molar-refractivity contribution in [2.24, 2.45) is 0 Å². The molecule has 108 valence electrons. The number of carbonyl (C=O) groups is 2. The van der Waals surface area contributed by atoms with Crippen LogP contribution in [0, 0.1) is 45.3 Å². The Morgan fingerprint density at radius 3 is 0.909 bits per heavy atom. The standard InChI is InChI=1S/C6Cl4O2.C6N4/c7-1-2(8)6(12)4(10)3(9)5(1)11;7-1-5(2-8)6(3-9)4-10. The molecule has 0 radical (unpaired) electrons. The Labute approximate surface area is 144 Å². The van der Waals surface area contributed by atoms with Crippen LogP contribution in [0.25, 0.3) is 0 Å². The smallest absolute Gasteiger partial charge is 0.219 e. The van der Waals surface area contributed by atoms with Crippen LogP contribution >= 0.6 is 46.4 Å². The maximum absolute atomic E-state index is 11.0. The van der Waals surface area contributed by atoms with Gasteiger partial charge in [0.05, 0.1) is 0 Å². The molecule has 1 aliphatic rings. The second-order valence-electron chi connectivity index (χ2n) is 3.11. The molecule has 0 saturated carbocycles. The summed E-state index contributed by atoms with van der Waals surface area (Å²) in [5.41, 5.74) is -0.880. The van der Waals surface area contributed by atoms with Gasteiger partial charge in [0.25, 0.3) is 0 Å². The highest BCUT2D eigenvalue weighted by Crippen LogP contribution is 2.32. The van der Waals surface area contributed by atoms with Gasteiger partial charge in [-0.05, 0) is 0 Å². The van der Waals surface area contributed by atoms with Crippen LogP contribution in [0.3, 0.4) is 0 Å². The van der Waals surface area contributed by atoms with Gasteiger partial charge in [-0.2, -0.15) is 21.0 Å². The van der Waals surface area contributed by atoms with E-state index in [1.165, 1.54) is 24.3 Å². The lowest BCUT2D eigenvalue weighted by molar-refractivity contribution is -0.114. The number of allylic oxidation sites excluding steroid dienone is 6. The fourth-order valence-corrected chi connectivity index (χ4v) is 1.68. The van der Waals surface area contributed by atoms with Crippen LogP contribution in [-0.4, -0.2) is 11.6 Å². The van der Waals surface area contributed by atoms with Crippen molar-refractivity contribution < 1.29 is 9.59 Å². The number of nitriles is 4. The number of hydrogen-bond donors (Lipinski definition) is 0. The molecule has 0 atom stereocenters. The van der Waals surface area contributed by atoms with Gasteiger partial charge in [-0.25, -0.2) is 0 Å². The maximum atomic E-state index is 11.0. The van der Waals surface area contributed by atoms with Crippen molar-refractivity contribution in [2.45, 2.75) is 0 Å². The van der Waals surface area contributed by atoms with E-state index in [1.807, 2.05) is 0 Å². The molecule has 0 fully saturated rings. The Morgan fingerprint density at radius 1 is 0.591 bits per heavy atom. The number of Topliss-reactive ketones (excluding diaryl/α,β-unsaturated/α-hetero) is 2. The molecule has 6 nitrogen and oxygen atoms in total. The van der Waals surface area contributed by atoms with Gasteiger partial charge in [-0.3, -0.25) is 9.59 Å². The summed E-state index contributed by atoms with van der Waals surface area (Å²) in [6.45, 7) is 0. The van der Waals surface area contributed by atoms with Gasteiger partial charge in [-0.1, -0.05) is 46.4 Å². The van der Waals surface area contributed by atoms with E-state index in [4.69, 9.17) is 67.5 Å². The second-order valence-corrected chi connectivity index (χ2v) is 4.62. The molecule has 0 aromatic carbocycles. The number of halogens is 4. The van der Waals surface area contributed by atoms with E-state index in [0.29, 0.717) is 0 Å². The lowest BCUT2D eigenvalue weighted by Crippen LogP contribution is -2.14. The summed E-state index contributed by atoms with van der Waals surface area (Å²) < 4.78 is 0. The molecule has 1 aliphatic carbocycles. The van der Waals surface area contributed by atoms with Gasteiger partial charge in [-0.15, -0.1) is 0 Å². The summed E-state index contributed by atoms with van der Waals surface area (Å²) in [7, 11) is 0. The molecule has 0 amide bonds. The van der Waals surface area contributed by atoms with Crippen LogP contribution in [0.4, 0.5) is 0 Å². The molecule has 0 unspecified atom stereocenters. The summed E-state index contributed by atoms with van der Waals surface area (Å²) in [6, 6.07) is 5.71. The molecule has 0 spiro atoms. The van der Waals surface area contributed by atoms with Crippen LogP contribution in [0.1, 0.15) is 0 Å². The highest BCUT2D eigenvalue weighted by Gasteiger charge is 2.31.